The summed E-state index contributed by atoms with van der Waals surface area (Å²) in [5, 5.41) is 0. The van der Waals surface area contributed by atoms with Crippen LogP contribution in [0.2, 0.25) is 0 Å². The van der Waals surface area contributed by atoms with E-state index in [-0.39, 0.29) is 17.4 Å². The number of aromatic nitrogens is 1. The number of nitrogens with zero attached hydrogens (tertiary/aromatic N) is 1. The van der Waals surface area contributed by atoms with Crippen LogP contribution in [0, 0.1) is 17.0 Å². The average Bonchev–Trinajstić information content (AvgIpc) is 3.07. The van der Waals surface area contributed by atoms with Crippen LogP contribution in [0.25, 0.3) is 11.3 Å². The van der Waals surface area contributed by atoms with Crippen molar-refractivity contribution in [1.82, 2.24) is 9.88 Å². The molecule has 3 nitrogen and oxygen atoms in total. The fraction of sp³-hybridized carbons (Fsp3) is 0.450. The maximum Gasteiger partial charge on any atom is 0.223 e. The lowest BCUT2D eigenvalue weighted by Crippen LogP contribution is -2.32. The molecule has 134 valence electrons. The molecule has 1 aromatic carbocycles. The normalized spacial score (nSPS) is 16.8. The highest BCUT2D eigenvalue weighted by Crippen LogP contribution is 2.41. The lowest BCUT2D eigenvalue weighted by atomic mass is 9.91. The van der Waals surface area contributed by atoms with Crippen LogP contribution >= 0.6 is 0 Å². The van der Waals surface area contributed by atoms with Crippen LogP contribution in [0.1, 0.15) is 50.8 Å². The van der Waals surface area contributed by atoms with Crippen molar-refractivity contribution < 1.29 is 13.6 Å². The van der Waals surface area contributed by atoms with Crippen molar-refractivity contribution in [3.8, 4) is 11.3 Å². The summed E-state index contributed by atoms with van der Waals surface area (Å²) in [6.07, 6.45) is 3.93. The van der Waals surface area contributed by atoms with Gasteiger partial charge in [-0.25, -0.2) is 8.78 Å². The molecule has 3 rings (SSSR count). The molecule has 1 heterocycles. The number of aromatic amines is 1. The summed E-state index contributed by atoms with van der Waals surface area (Å²) in [6, 6.07) is 3.61. The maximum atomic E-state index is 14.1. The van der Waals surface area contributed by atoms with Gasteiger partial charge in [-0.05, 0) is 41.5 Å². The summed E-state index contributed by atoms with van der Waals surface area (Å²) >= 11 is 0. The van der Waals surface area contributed by atoms with Crippen LogP contribution in [0.4, 0.5) is 8.78 Å². The number of hydrogen-bond acceptors (Lipinski definition) is 1. The predicted molar refractivity (Wildman–Crippen MR) is 94.0 cm³/mol. The van der Waals surface area contributed by atoms with Gasteiger partial charge in [-0.15, -0.1) is 0 Å². The zero-order valence-corrected chi connectivity index (χ0v) is 15.1. The molecular formula is C20H24F2N2O. The molecule has 1 aliphatic rings. The molecule has 25 heavy (non-hydrogen) atoms. The highest BCUT2D eigenvalue weighted by Gasteiger charge is 2.33. The Kier molecular flexibility index (Phi) is 4.43. The first-order valence-electron chi connectivity index (χ1n) is 8.58. The Bertz CT molecular complexity index is 805. The molecule has 1 atom stereocenters. The van der Waals surface area contributed by atoms with E-state index in [1.807, 2.05) is 34.0 Å². The molecule has 1 aromatic heterocycles. The zero-order chi connectivity index (χ0) is 18.4. The molecule has 0 saturated carbocycles. The number of carbonyl (C=O) groups excluding carboxylic acids is 1. The lowest BCUT2D eigenvalue weighted by Gasteiger charge is -2.28. The van der Waals surface area contributed by atoms with Crippen LogP contribution < -0.4 is 0 Å². The van der Waals surface area contributed by atoms with Crippen molar-refractivity contribution in [3.05, 3.63) is 47.2 Å². The van der Waals surface area contributed by atoms with Gasteiger partial charge in [0.15, 0.2) is 0 Å². The number of carbonyl (C=O) groups is 1. The number of hydrogen-bond donors (Lipinski definition) is 1. The largest absolute Gasteiger partial charge is 0.361 e. The van der Waals surface area contributed by atoms with Gasteiger partial charge in [-0.2, -0.15) is 0 Å². The van der Waals surface area contributed by atoms with Crippen LogP contribution in [0.3, 0.4) is 0 Å². The summed E-state index contributed by atoms with van der Waals surface area (Å²) < 4.78 is 27.3. The summed E-state index contributed by atoms with van der Waals surface area (Å²) in [4.78, 5) is 17.5. The van der Waals surface area contributed by atoms with Gasteiger partial charge >= 0.3 is 0 Å². The Morgan fingerprint density at radius 1 is 1.32 bits per heavy atom. The van der Waals surface area contributed by atoms with Crippen LogP contribution in [0.5, 0.6) is 0 Å². The third-order valence-corrected chi connectivity index (χ3v) is 4.79. The Morgan fingerprint density at radius 2 is 2.04 bits per heavy atom. The fourth-order valence-electron chi connectivity index (χ4n) is 3.56. The molecule has 1 unspecified atom stereocenters. The van der Waals surface area contributed by atoms with Crippen LogP contribution in [0.15, 0.2) is 24.4 Å². The minimum Gasteiger partial charge on any atom is -0.361 e. The minimum atomic E-state index is -0.588. The van der Waals surface area contributed by atoms with Gasteiger partial charge in [0.25, 0.3) is 0 Å². The predicted octanol–water partition coefficient (Wildman–Crippen LogP) is 4.84. The molecule has 0 spiro atoms. The highest BCUT2D eigenvalue weighted by molar-refractivity contribution is 5.78. The topological polar surface area (TPSA) is 36.1 Å². The van der Waals surface area contributed by atoms with Gasteiger partial charge in [0.2, 0.25) is 5.91 Å². The number of benzene rings is 1. The average molecular weight is 346 g/mol. The van der Waals surface area contributed by atoms with Gasteiger partial charge < -0.3 is 9.88 Å². The molecule has 2 aromatic rings. The zero-order valence-electron chi connectivity index (χ0n) is 15.1. The highest BCUT2D eigenvalue weighted by atomic mass is 19.1. The Balaban J connectivity index is 1.88. The molecule has 0 saturated heterocycles. The first-order valence-corrected chi connectivity index (χ1v) is 8.58. The number of rotatable bonds is 3. The third-order valence-electron chi connectivity index (χ3n) is 4.79. The van der Waals surface area contributed by atoms with E-state index in [4.69, 9.17) is 0 Å². The van der Waals surface area contributed by atoms with E-state index in [0.717, 1.165) is 30.0 Å². The molecule has 0 fully saturated rings. The van der Waals surface area contributed by atoms with Crippen molar-refractivity contribution in [1.29, 1.82) is 0 Å². The Hall–Kier alpha value is -2.17. The molecular weight excluding hydrogens is 322 g/mol. The van der Waals surface area contributed by atoms with Gasteiger partial charge in [0.05, 0.1) is 11.7 Å². The van der Waals surface area contributed by atoms with E-state index in [2.05, 4.69) is 4.98 Å². The van der Waals surface area contributed by atoms with E-state index < -0.39 is 11.6 Å². The Morgan fingerprint density at radius 3 is 2.68 bits per heavy atom. The minimum absolute atomic E-state index is 0.00152. The number of amides is 1. The molecule has 0 bridgehead atoms. The monoisotopic (exact) mass is 346 g/mol. The summed E-state index contributed by atoms with van der Waals surface area (Å²) in [5.41, 5.74) is 3.04. The van der Waals surface area contributed by atoms with Gasteiger partial charge in [-0.1, -0.05) is 20.8 Å². The first kappa shape index (κ1) is 17.6. The Labute approximate surface area is 147 Å². The van der Waals surface area contributed by atoms with Crippen LogP contribution in [-0.4, -0.2) is 22.8 Å². The smallest absolute Gasteiger partial charge is 0.223 e. The van der Waals surface area contributed by atoms with Crippen molar-refractivity contribution >= 4 is 5.91 Å². The van der Waals surface area contributed by atoms with E-state index in [9.17, 15) is 13.6 Å². The molecule has 0 radical (unpaired) electrons. The number of nitrogens with one attached hydrogen (secondary N) is 1. The number of fused-ring (bicyclic) bond motifs is 1. The SMILES string of the molecule is CN(C(=O)CC(C)(C)C)C1CCc2c1c[nH]c2-c1ccc(F)cc1F. The van der Waals surface area contributed by atoms with Crippen molar-refractivity contribution in [2.24, 2.45) is 5.41 Å². The van der Waals surface area contributed by atoms with Gasteiger partial charge in [-0.3, -0.25) is 4.79 Å². The second kappa shape index (κ2) is 6.28. The standard InChI is InChI=1S/C20H24F2N2O/c1-20(2,3)10-18(25)24(4)17-8-7-13-15(17)11-23-19(13)14-6-5-12(21)9-16(14)22/h5-6,9,11,17,23H,7-8,10H2,1-4H3. The van der Waals surface area contributed by atoms with Crippen molar-refractivity contribution in [2.45, 2.75) is 46.1 Å². The second-order valence-electron chi connectivity index (χ2n) is 8.02. The summed E-state index contributed by atoms with van der Waals surface area (Å²) in [7, 11) is 1.83. The third kappa shape index (κ3) is 3.46. The van der Waals surface area contributed by atoms with E-state index in [1.54, 1.807) is 4.90 Å². The molecule has 1 N–H and O–H groups in total. The molecule has 5 heteroatoms. The number of H-pyrrole nitrogens is 1. The first-order chi connectivity index (χ1) is 11.7. The number of halogens is 2. The molecule has 1 aliphatic carbocycles. The van der Waals surface area contributed by atoms with E-state index >= 15 is 0 Å². The molecule has 1 amide bonds. The quantitative estimate of drug-likeness (QED) is 0.848. The van der Waals surface area contributed by atoms with Crippen molar-refractivity contribution in [2.75, 3.05) is 7.05 Å². The molecule has 0 aliphatic heterocycles. The lowest BCUT2D eigenvalue weighted by molar-refractivity contribution is -0.134. The van der Waals surface area contributed by atoms with Gasteiger partial charge in [0.1, 0.15) is 11.6 Å². The fourth-order valence-corrected chi connectivity index (χ4v) is 3.56. The van der Waals surface area contributed by atoms with Gasteiger partial charge in [0, 0.05) is 31.3 Å². The maximum absolute atomic E-state index is 14.1. The van der Waals surface area contributed by atoms with Crippen LogP contribution in [-0.2, 0) is 11.2 Å². The summed E-state index contributed by atoms with van der Waals surface area (Å²) in [6.45, 7) is 6.14. The van der Waals surface area contributed by atoms with Crippen molar-refractivity contribution in [3.63, 3.8) is 0 Å². The summed E-state index contributed by atoms with van der Waals surface area (Å²) in [5.74, 6) is -1.05. The van der Waals surface area contributed by atoms with E-state index in [1.165, 1.54) is 12.1 Å². The van der Waals surface area contributed by atoms with E-state index in [0.29, 0.717) is 17.7 Å². The second-order valence-corrected chi connectivity index (χ2v) is 8.02.